The van der Waals surface area contributed by atoms with Crippen molar-refractivity contribution in [3.63, 3.8) is 0 Å². The van der Waals surface area contributed by atoms with Crippen molar-refractivity contribution in [2.75, 3.05) is 36.4 Å². The molecule has 1 aliphatic rings. The van der Waals surface area contributed by atoms with Gasteiger partial charge in [-0.1, -0.05) is 0 Å². The number of nitrogens with zero attached hydrogens (tertiary/aromatic N) is 3. The number of amides is 1. The van der Waals surface area contributed by atoms with Crippen LogP contribution in [0.5, 0.6) is 5.75 Å². The SMILES string of the molecule is O=C(Cc1csc(Nc2ccc(OC(F)(F)F)cc2)n1)N1CCN(c2ccc(F)cc2)CC1. The van der Waals surface area contributed by atoms with E-state index in [1.165, 1.54) is 47.7 Å². The molecule has 11 heteroatoms. The number of halogens is 4. The summed E-state index contributed by atoms with van der Waals surface area (Å²) in [6, 6.07) is 11.6. The molecule has 1 saturated heterocycles. The molecule has 1 aliphatic heterocycles. The first-order valence-electron chi connectivity index (χ1n) is 10.1. The van der Waals surface area contributed by atoms with Crippen molar-refractivity contribution in [1.82, 2.24) is 9.88 Å². The number of carbonyl (C=O) groups is 1. The highest BCUT2D eigenvalue weighted by Gasteiger charge is 2.31. The number of rotatable bonds is 6. The number of hydrogen-bond donors (Lipinski definition) is 1. The molecule has 1 aromatic heterocycles. The molecule has 0 unspecified atom stereocenters. The van der Waals surface area contributed by atoms with Gasteiger partial charge in [-0.3, -0.25) is 4.79 Å². The van der Waals surface area contributed by atoms with Crippen LogP contribution in [-0.2, 0) is 11.2 Å². The minimum Gasteiger partial charge on any atom is -0.406 e. The molecule has 0 bridgehead atoms. The number of thiazole rings is 1. The average molecular weight is 480 g/mol. The third-order valence-corrected chi connectivity index (χ3v) is 5.85. The summed E-state index contributed by atoms with van der Waals surface area (Å²) in [5.41, 5.74) is 2.09. The van der Waals surface area contributed by atoms with E-state index >= 15 is 0 Å². The number of carbonyl (C=O) groups excluding carboxylic acids is 1. The first-order chi connectivity index (χ1) is 15.7. The van der Waals surface area contributed by atoms with Gasteiger partial charge in [-0.25, -0.2) is 9.37 Å². The average Bonchev–Trinajstić information content (AvgIpc) is 3.21. The van der Waals surface area contributed by atoms with Crippen LogP contribution in [0.4, 0.5) is 34.1 Å². The Hall–Kier alpha value is -3.34. The van der Waals surface area contributed by atoms with Crippen LogP contribution in [-0.4, -0.2) is 48.3 Å². The second-order valence-electron chi connectivity index (χ2n) is 7.36. The van der Waals surface area contributed by atoms with Gasteiger partial charge < -0.3 is 19.9 Å². The zero-order chi connectivity index (χ0) is 23.4. The Morgan fingerprint density at radius 3 is 2.33 bits per heavy atom. The van der Waals surface area contributed by atoms with Crippen LogP contribution in [0.25, 0.3) is 0 Å². The first kappa shape index (κ1) is 22.8. The molecule has 0 saturated carbocycles. The van der Waals surface area contributed by atoms with Gasteiger partial charge >= 0.3 is 6.36 Å². The van der Waals surface area contributed by atoms with Crippen LogP contribution >= 0.6 is 11.3 Å². The summed E-state index contributed by atoms with van der Waals surface area (Å²) in [6.07, 6.45) is -4.58. The second kappa shape index (κ2) is 9.65. The Kier molecular flexibility index (Phi) is 6.68. The maximum absolute atomic E-state index is 13.1. The number of anilines is 3. The largest absolute Gasteiger partial charge is 0.573 e. The van der Waals surface area contributed by atoms with Crippen molar-refractivity contribution in [2.45, 2.75) is 12.8 Å². The van der Waals surface area contributed by atoms with Crippen molar-refractivity contribution < 1.29 is 27.1 Å². The topological polar surface area (TPSA) is 57.7 Å². The monoisotopic (exact) mass is 480 g/mol. The molecule has 0 aliphatic carbocycles. The van der Waals surface area contributed by atoms with E-state index in [0.717, 1.165) is 5.69 Å². The highest BCUT2D eigenvalue weighted by atomic mass is 32.1. The predicted molar refractivity (Wildman–Crippen MR) is 117 cm³/mol. The van der Waals surface area contributed by atoms with Crippen molar-refractivity contribution in [3.8, 4) is 5.75 Å². The molecule has 1 N–H and O–H groups in total. The van der Waals surface area contributed by atoms with Gasteiger partial charge in [-0.15, -0.1) is 24.5 Å². The first-order valence-corrected chi connectivity index (χ1v) is 11.0. The summed E-state index contributed by atoms with van der Waals surface area (Å²) < 4.78 is 53.7. The van der Waals surface area contributed by atoms with Crippen LogP contribution in [0.3, 0.4) is 0 Å². The molecule has 3 aromatic rings. The number of ether oxygens (including phenoxy) is 1. The standard InChI is InChI=1S/C22H20F4N4O2S/c23-15-1-5-18(6-2-15)29-9-11-30(12-10-29)20(31)13-17-14-33-21(28-17)27-16-3-7-19(8-4-16)32-22(24,25)26/h1-8,14H,9-13H2,(H,27,28). The van der Waals surface area contributed by atoms with Gasteiger partial charge in [-0.2, -0.15) is 0 Å². The van der Waals surface area contributed by atoms with Gasteiger partial charge in [0.15, 0.2) is 5.13 Å². The lowest BCUT2D eigenvalue weighted by atomic mass is 10.2. The molecule has 0 spiro atoms. The molecular formula is C22H20F4N4O2S. The van der Waals surface area contributed by atoms with E-state index in [9.17, 15) is 22.4 Å². The normalized spacial score (nSPS) is 14.3. The Balaban J connectivity index is 1.27. The summed E-state index contributed by atoms with van der Waals surface area (Å²) in [7, 11) is 0. The Morgan fingerprint density at radius 1 is 1.03 bits per heavy atom. The zero-order valence-electron chi connectivity index (χ0n) is 17.3. The van der Waals surface area contributed by atoms with Crippen LogP contribution in [0.2, 0.25) is 0 Å². The Morgan fingerprint density at radius 2 is 1.70 bits per heavy atom. The summed E-state index contributed by atoms with van der Waals surface area (Å²) in [5.74, 6) is -0.616. The lowest BCUT2D eigenvalue weighted by molar-refractivity contribution is -0.274. The van der Waals surface area contributed by atoms with Crippen LogP contribution < -0.4 is 15.0 Å². The molecule has 2 heterocycles. The molecule has 0 radical (unpaired) electrons. The molecule has 6 nitrogen and oxygen atoms in total. The predicted octanol–water partition coefficient (Wildman–Crippen LogP) is 4.82. The van der Waals surface area contributed by atoms with Crippen LogP contribution in [0.1, 0.15) is 5.69 Å². The minimum absolute atomic E-state index is 0.0285. The number of nitrogens with one attached hydrogen (secondary N) is 1. The summed E-state index contributed by atoms with van der Waals surface area (Å²) >= 11 is 1.30. The van der Waals surface area contributed by atoms with Crippen molar-refractivity contribution in [1.29, 1.82) is 0 Å². The van der Waals surface area contributed by atoms with Gasteiger partial charge in [0.25, 0.3) is 0 Å². The van der Waals surface area contributed by atoms with E-state index in [1.807, 2.05) is 0 Å². The van der Waals surface area contributed by atoms with Gasteiger partial charge in [-0.05, 0) is 48.5 Å². The van der Waals surface area contributed by atoms with E-state index in [0.29, 0.717) is 42.7 Å². The van der Waals surface area contributed by atoms with E-state index in [-0.39, 0.29) is 23.9 Å². The Bertz CT molecular complexity index is 1080. The fourth-order valence-electron chi connectivity index (χ4n) is 3.44. The fraction of sp³-hybridized carbons (Fsp3) is 0.273. The molecule has 1 amide bonds. The highest BCUT2D eigenvalue weighted by molar-refractivity contribution is 7.13. The van der Waals surface area contributed by atoms with Gasteiger partial charge in [0.1, 0.15) is 11.6 Å². The van der Waals surface area contributed by atoms with E-state index in [2.05, 4.69) is 19.9 Å². The summed E-state index contributed by atoms with van der Waals surface area (Å²) in [5, 5.41) is 5.31. The molecule has 33 heavy (non-hydrogen) atoms. The van der Waals surface area contributed by atoms with Gasteiger partial charge in [0.05, 0.1) is 12.1 Å². The number of aromatic nitrogens is 1. The summed E-state index contributed by atoms with van der Waals surface area (Å²) in [6.45, 7) is 2.46. The quantitative estimate of drug-likeness (QED) is 0.513. The third-order valence-electron chi connectivity index (χ3n) is 5.05. The molecule has 1 fully saturated rings. The van der Waals surface area contributed by atoms with Crippen molar-refractivity contribution in [2.24, 2.45) is 0 Å². The number of benzene rings is 2. The van der Waals surface area contributed by atoms with Gasteiger partial charge in [0.2, 0.25) is 5.91 Å². The van der Waals surface area contributed by atoms with Crippen LogP contribution in [0.15, 0.2) is 53.9 Å². The Labute approximate surface area is 191 Å². The number of piperazine rings is 1. The highest BCUT2D eigenvalue weighted by Crippen LogP contribution is 2.26. The van der Waals surface area contributed by atoms with E-state index in [1.54, 1.807) is 22.4 Å². The maximum atomic E-state index is 13.1. The van der Waals surface area contributed by atoms with Crippen LogP contribution in [0, 0.1) is 5.82 Å². The lowest BCUT2D eigenvalue weighted by Crippen LogP contribution is -2.49. The lowest BCUT2D eigenvalue weighted by Gasteiger charge is -2.36. The maximum Gasteiger partial charge on any atom is 0.573 e. The molecule has 4 rings (SSSR count). The smallest absolute Gasteiger partial charge is 0.406 e. The van der Waals surface area contributed by atoms with Gasteiger partial charge in [0, 0.05) is 42.9 Å². The molecule has 2 aromatic carbocycles. The van der Waals surface area contributed by atoms with E-state index in [4.69, 9.17) is 0 Å². The molecule has 174 valence electrons. The minimum atomic E-state index is -4.74. The fourth-order valence-corrected chi connectivity index (χ4v) is 4.17. The van der Waals surface area contributed by atoms with E-state index < -0.39 is 6.36 Å². The second-order valence-corrected chi connectivity index (χ2v) is 8.22. The zero-order valence-corrected chi connectivity index (χ0v) is 18.1. The van der Waals surface area contributed by atoms with Crippen molar-refractivity contribution >= 4 is 33.8 Å². The number of hydrogen-bond acceptors (Lipinski definition) is 6. The molecule has 0 atom stereocenters. The molecular weight excluding hydrogens is 460 g/mol. The van der Waals surface area contributed by atoms with Crippen molar-refractivity contribution in [3.05, 3.63) is 65.4 Å². The third kappa shape index (κ3) is 6.35. The number of alkyl halides is 3. The summed E-state index contributed by atoms with van der Waals surface area (Å²) in [4.78, 5) is 21.0.